The predicted octanol–water partition coefficient (Wildman–Crippen LogP) is 2.91. The van der Waals surface area contributed by atoms with E-state index in [4.69, 9.17) is 0 Å². The topological polar surface area (TPSA) is 78.5 Å². The van der Waals surface area contributed by atoms with E-state index < -0.39 is 0 Å². The van der Waals surface area contributed by atoms with Gasteiger partial charge in [-0.15, -0.1) is 0 Å². The molecule has 1 aliphatic heterocycles. The van der Waals surface area contributed by atoms with E-state index >= 15 is 0 Å². The van der Waals surface area contributed by atoms with Crippen LogP contribution in [0.2, 0.25) is 0 Å². The molecule has 1 fully saturated rings. The number of hydrogen-bond donors (Lipinski definition) is 2. The third kappa shape index (κ3) is 5.59. The van der Waals surface area contributed by atoms with E-state index in [0.717, 1.165) is 12.8 Å². The number of benzene rings is 1. The lowest BCUT2D eigenvalue weighted by Crippen LogP contribution is -2.45. The Morgan fingerprint density at radius 3 is 2.72 bits per heavy atom. The minimum Gasteiger partial charge on any atom is -0.356 e. The zero-order valence-electron chi connectivity index (χ0n) is 15.2. The molecule has 0 saturated carbocycles. The number of likely N-dealkylation sites (tertiary alicyclic amines) is 1. The quantitative estimate of drug-likeness (QED) is 0.806. The van der Waals surface area contributed by atoms with E-state index in [1.165, 1.54) is 6.92 Å². The fraction of sp³-hybridized carbons (Fsp3) is 0.526. The van der Waals surface area contributed by atoms with Crippen molar-refractivity contribution >= 4 is 23.4 Å². The number of nitrogens with one attached hydrogen (secondary N) is 2. The van der Waals surface area contributed by atoms with E-state index in [0.29, 0.717) is 30.9 Å². The zero-order chi connectivity index (χ0) is 18.4. The Labute approximate surface area is 149 Å². The van der Waals surface area contributed by atoms with Gasteiger partial charge in [0.1, 0.15) is 0 Å². The number of anilines is 1. The Morgan fingerprint density at radius 2 is 2.04 bits per heavy atom. The van der Waals surface area contributed by atoms with Gasteiger partial charge in [-0.3, -0.25) is 9.59 Å². The molecule has 0 spiro atoms. The Morgan fingerprint density at radius 1 is 1.28 bits per heavy atom. The first kappa shape index (κ1) is 19.0. The molecule has 0 bridgehead atoms. The lowest BCUT2D eigenvalue weighted by molar-refractivity contribution is -0.124. The van der Waals surface area contributed by atoms with Crippen molar-refractivity contribution in [3.63, 3.8) is 0 Å². The second kappa shape index (κ2) is 8.65. The summed E-state index contributed by atoms with van der Waals surface area (Å²) in [4.78, 5) is 37.4. The van der Waals surface area contributed by atoms with Gasteiger partial charge in [-0.1, -0.05) is 26.0 Å². The van der Waals surface area contributed by atoms with Gasteiger partial charge in [0.15, 0.2) is 5.78 Å². The first-order chi connectivity index (χ1) is 11.9. The zero-order valence-corrected chi connectivity index (χ0v) is 15.2. The molecule has 2 N–H and O–H groups in total. The van der Waals surface area contributed by atoms with E-state index in [-0.39, 0.29) is 29.6 Å². The van der Waals surface area contributed by atoms with Crippen molar-refractivity contribution in [1.82, 2.24) is 10.2 Å². The number of nitrogens with zero attached hydrogens (tertiary/aromatic N) is 1. The van der Waals surface area contributed by atoms with Crippen molar-refractivity contribution in [2.45, 2.75) is 33.6 Å². The summed E-state index contributed by atoms with van der Waals surface area (Å²) in [5.41, 5.74) is 1.19. The number of urea groups is 1. The second-order valence-corrected chi connectivity index (χ2v) is 6.92. The number of hydrogen-bond acceptors (Lipinski definition) is 3. The van der Waals surface area contributed by atoms with Crippen molar-refractivity contribution in [2.24, 2.45) is 11.8 Å². The van der Waals surface area contributed by atoms with Crippen LogP contribution in [0.1, 0.15) is 44.0 Å². The molecule has 0 unspecified atom stereocenters. The number of amides is 3. The van der Waals surface area contributed by atoms with E-state index in [9.17, 15) is 14.4 Å². The Balaban J connectivity index is 1.90. The van der Waals surface area contributed by atoms with Crippen molar-refractivity contribution < 1.29 is 14.4 Å². The first-order valence-electron chi connectivity index (χ1n) is 8.81. The maximum absolute atomic E-state index is 12.5. The molecule has 3 amide bonds. The summed E-state index contributed by atoms with van der Waals surface area (Å²) in [6.45, 7) is 7.15. The summed E-state index contributed by atoms with van der Waals surface area (Å²) >= 11 is 0. The normalized spacial score (nSPS) is 17.3. The van der Waals surface area contributed by atoms with E-state index in [2.05, 4.69) is 10.6 Å². The van der Waals surface area contributed by atoms with Crippen LogP contribution in [0.5, 0.6) is 0 Å². The van der Waals surface area contributed by atoms with Crippen LogP contribution in [0, 0.1) is 11.8 Å². The Kier molecular flexibility index (Phi) is 6.56. The standard InChI is InChI=1S/C19H27N3O3/c1-13(2)18(24)20-11-15-6-5-9-22(12-15)19(25)21-17-8-4-7-16(10-17)14(3)23/h4,7-8,10,13,15H,5-6,9,11-12H2,1-3H3,(H,20,24)(H,21,25)/t15-/m1/s1. The average molecular weight is 345 g/mol. The second-order valence-electron chi connectivity index (χ2n) is 6.92. The molecular formula is C19H27N3O3. The largest absolute Gasteiger partial charge is 0.356 e. The van der Waals surface area contributed by atoms with Crippen LogP contribution in [-0.2, 0) is 4.79 Å². The Hall–Kier alpha value is -2.37. The molecule has 0 aliphatic carbocycles. The van der Waals surface area contributed by atoms with Gasteiger partial charge in [0, 0.05) is 36.8 Å². The van der Waals surface area contributed by atoms with Crippen LogP contribution in [0.15, 0.2) is 24.3 Å². The van der Waals surface area contributed by atoms with Crippen molar-refractivity contribution in [1.29, 1.82) is 0 Å². The molecule has 25 heavy (non-hydrogen) atoms. The summed E-state index contributed by atoms with van der Waals surface area (Å²) in [5.74, 6) is 0.250. The highest BCUT2D eigenvalue weighted by molar-refractivity contribution is 5.96. The first-order valence-corrected chi connectivity index (χ1v) is 8.81. The molecule has 136 valence electrons. The third-order valence-corrected chi connectivity index (χ3v) is 4.42. The highest BCUT2D eigenvalue weighted by atomic mass is 16.2. The highest BCUT2D eigenvalue weighted by Gasteiger charge is 2.24. The summed E-state index contributed by atoms with van der Waals surface area (Å²) in [7, 11) is 0. The molecule has 6 nitrogen and oxygen atoms in total. The van der Waals surface area contributed by atoms with Crippen molar-refractivity contribution in [3.8, 4) is 0 Å². The number of Topliss-reactive ketones (excluding diaryl/α,β-unsaturated/α-hetero) is 1. The van der Waals surface area contributed by atoms with Gasteiger partial charge in [0.2, 0.25) is 5.91 Å². The Bertz CT molecular complexity index is 643. The van der Waals surface area contributed by atoms with Crippen LogP contribution in [0.3, 0.4) is 0 Å². The number of rotatable bonds is 5. The molecule has 2 rings (SSSR count). The number of carbonyl (C=O) groups is 3. The number of ketones is 1. The highest BCUT2D eigenvalue weighted by Crippen LogP contribution is 2.18. The maximum atomic E-state index is 12.5. The van der Waals surface area contributed by atoms with Gasteiger partial charge >= 0.3 is 6.03 Å². The lowest BCUT2D eigenvalue weighted by Gasteiger charge is -2.33. The molecule has 1 aromatic carbocycles. The molecule has 0 radical (unpaired) electrons. The van der Waals surface area contributed by atoms with Gasteiger partial charge in [0.05, 0.1) is 0 Å². The molecule has 1 heterocycles. The molecule has 0 aromatic heterocycles. The smallest absolute Gasteiger partial charge is 0.321 e. The van der Waals surface area contributed by atoms with Gasteiger partial charge in [-0.25, -0.2) is 4.79 Å². The molecule has 1 atom stereocenters. The fourth-order valence-electron chi connectivity index (χ4n) is 2.88. The van der Waals surface area contributed by atoms with Crippen LogP contribution in [0.4, 0.5) is 10.5 Å². The van der Waals surface area contributed by atoms with E-state index in [1.54, 1.807) is 29.2 Å². The van der Waals surface area contributed by atoms with Crippen LogP contribution in [0.25, 0.3) is 0 Å². The summed E-state index contributed by atoms with van der Waals surface area (Å²) in [6, 6.07) is 6.78. The summed E-state index contributed by atoms with van der Waals surface area (Å²) < 4.78 is 0. The molecule has 1 saturated heterocycles. The summed E-state index contributed by atoms with van der Waals surface area (Å²) in [6.07, 6.45) is 1.92. The number of piperidine rings is 1. The van der Waals surface area contributed by atoms with Gasteiger partial charge in [-0.2, -0.15) is 0 Å². The lowest BCUT2D eigenvalue weighted by atomic mass is 9.98. The van der Waals surface area contributed by atoms with Gasteiger partial charge in [-0.05, 0) is 37.8 Å². The minimum absolute atomic E-state index is 0.0310. The van der Waals surface area contributed by atoms with Crippen LogP contribution >= 0.6 is 0 Å². The average Bonchev–Trinajstić information content (AvgIpc) is 2.60. The van der Waals surface area contributed by atoms with E-state index in [1.807, 2.05) is 13.8 Å². The third-order valence-electron chi connectivity index (χ3n) is 4.42. The fourth-order valence-corrected chi connectivity index (χ4v) is 2.88. The van der Waals surface area contributed by atoms with Gasteiger partial charge < -0.3 is 15.5 Å². The molecular weight excluding hydrogens is 318 g/mol. The molecule has 1 aliphatic rings. The van der Waals surface area contributed by atoms with Crippen LogP contribution in [-0.4, -0.2) is 42.3 Å². The number of carbonyl (C=O) groups excluding carboxylic acids is 3. The maximum Gasteiger partial charge on any atom is 0.321 e. The minimum atomic E-state index is -0.166. The monoisotopic (exact) mass is 345 g/mol. The van der Waals surface area contributed by atoms with Gasteiger partial charge in [0.25, 0.3) is 0 Å². The molecule has 6 heteroatoms. The predicted molar refractivity (Wildman–Crippen MR) is 97.6 cm³/mol. The summed E-state index contributed by atoms with van der Waals surface area (Å²) in [5, 5.41) is 5.80. The SMILES string of the molecule is CC(=O)c1cccc(NC(=O)N2CCC[C@H](CNC(=O)C(C)C)C2)c1. The molecule has 1 aromatic rings. The van der Waals surface area contributed by atoms with Crippen LogP contribution < -0.4 is 10.6 Å². The van der Waals surface area contributed by atoms with Crippen molar-refractivity contribution in [3.05, 3.63) is 29.8 Å². The van der Waals surface area contributed by atoms with Crippen molar-refractivity contribution in [2.75, 3.05) is 25.0 Å².